The lowest BCUT2D eigenvalue weighted by molar-refractivity contribution is -0.152. The highest BCUT2D eigenvalue weighted by molar-refractivity contribution is 7.89. The van der Waals surface area contributed by atoms with Crippen molar-refractivity contribution in [2.24, 2.45) is 11.8 Å². The predicted molar refractivity (Wildman–Crippen MR) is 230 cm³/mol. The van der Waals surface area contributed by atoms with Crippen LogP contribution in [0.4, 0.5) is 4.79 Å². The van der Waals surface area contributed by atoms with Crippen LogP contribution in [0.25, 0.3) is 0 Å². The summed E-state index contributed by atoms with van der Waals surface area (Å²) in [7, 11) is -8.56. The first-order valence-electron chi connectivity index (χ1n) is 20.7. The number of benzene rings is 4. The van der Waals surface area contributed by atoms with Crippen LogP contribution in [-0.4, -0.2) is 98.1 Å². The number of aliphatic hydroxyl groups excluding tert-OH is 1. The minimum absolute atomic E-state index is 0.00626. The maximum atomic E-state index is 14.1. The molecule has 2 aliphatic heterocycles. The molecule has 3 N–H and O–H groups in total. The van der Waals surface area contributed by atoms with Crippen molar-refractivity contribution in [1.29, 1.82) is 0 Å². The molecule has 340 valence electrons. The number of alkyl carbamates (subject to hydrolysis) is 1. The number of aliphatic hydroxyl groups is 1. The van der Waals surface area contributed by atoms with E-state index in [1.165, 1.54) is 35.5 Å². The Morgan fingerprint density at radius 3 is 2.10 bits per heavy atom. The minimum Gasteiger partial charge on any atom is -0.489 e. The number of esters is 1. The average molecular weight is 911 g/mol. The number of hydrogen-bond donors (Lipinski definition) is 3. The van der Waals surface area contributed by atoms with E-state index in [2.05, 4.69) is 5.32 Å². The Hall–Kier alpha value is -4.84. The largest absolute Gasteiger partial charge is 0.489 e. The second-order valence-electron chi connectivity index (χ2n) is 15.8. The molecule has 2 heterocycles. The third-order valence-electron chi connectivity index (χ3n) is 10.3. The molecule has 6 rings (SSSR count). The third kappa shape index (κ3) is 14.1. The molecule has 18 heteroatoms. The van der Waals surface area contributed by atoms with E-state index in [0.29, 0.717) is 30.9 Å². The van der Waals surface area contributed by atoms with E-state index in [4.69, 9.17) is 32.9 Å². The molecule has 0 aliphatic carbocycles. The SMILES string of the molecule is CC(C)CN(C[C@@H](O)[C@H](Cc1ccc(OCP(=O)(O)O[C@@H](C)C(=O)OCc2ccccc2)cc1)NC(=O)O[C@H]1CO[C@H]2OCC[C@H]21)S(=O)(=O)c1ccc(OCc2ccccc2)cc1. The Bertz CT molecular complexity index is 2230. The molecule has 16 nitrogen and oxygen atoms in total. The quantitative estimate of drug-likeness (QED) is 0.0608. The molecular weight excluding hydrogens is 856 g/mol. The van der Waals surface area contributed by atoms with Crippen LogP contribution in [0.5, 0.6) is 11.5 Å². The second kappa shape index (κ2) is 22.2. The number of fused-ring (bicyclic) bond motifs is 1. The summed E-state index contributed by atoms with van der Waals surface area (Å²) in [6, 6.07) is 29.9. The summed E-state index contributed by atoms with van der Waals surface area (Å²) in [4.78, 5) is 36.3. The highest BCUT2D eigenvalue weighted by Crippen LogP contribution is 2.43. The molecule has 7 atom stereocenters. The molecule has 0 radical (unpaired) electrons. The van der Waals surface area contributed by atoms with E-state index in [1.54, 1.807) is 48.5 Å². The Morgan fingerprint density at radius 1 is 0.825 bits per heavy atom. The summed E-state index contributed by atoms with van der Waals surface area (Å²) < 4.78 is 80.9. The summed E-state index contributed by atoms with van der Waals surface area (Å²) in [5.74, 6) is -0.389. The van der Waals surface area contributed by atoms with Crippen LogP contribution in [0.1, 0.15) is 43.9 Å². The second-order valence-corrected chi connectivity index (χ2v) is 19.5. The van der Waals surface area contributed by atoms with Gasteiger partial charge in [0, 0.05) is 13.1 Å². The van der Waals surface area contributed by atoms with Gasteiger partial charge < -0.3 is 43.7 Å². The van der Waals surface area contributed by atoms with Gasteiger partial charge in [-0.3, -0.25) is 9.09 Å². The van der Waals surface area contributed by atoms with Gasteiger partial charge in [-0.05, 0) is 78.8 Å². The van der Waals surface area contributed by atoms with Crippen molar-refractivity contribution in [3.05, 3.63) is 126 Å². The van der Waals surface area contributed by atoms with Crippen LogP contribution in [0.2, 0.25) is 0 Å². The van der Waals surface area contributed by atoms with Crippen molar-refractivity contribution in [1.82, 2.24) is 9.62 Å². The zero-order valence-electron chi connectivity index (χ0n) is 35.4. The third-order valence-corrected chi connectivity index (χ3v) is 13.3. The fourth-order valence-electron chi connectivity index (χ4n) is 7.06. The van der Waals surface area contributed by atoms with E-state index in [9.17, 15) is 32.6 Å². The molecule has 0 bridgehead atoms. The molecule has 1 unspecified atom stereocenters. The molecule has 2 fully saturated rings. The standard InChI is InChI=1S/C45H55N2O14PS/c1-31(2)25-47(63(53,54)38-20-18-36(19-21-38)56-27-34-10-6-4-7-11-34)26-41(48)40(46-45(50)60-42-29-58-44-39(42)22-23-55-44)24-33-14-16-37(17-15-33)59-30-62(51,52)61-32(3)43(49)57-28-35-12-8-5-9-13-35/h4-21,31-32,39-42,44,48H,22-30H2,1-3H3,(H,46,50)(H,51,52)/t32-,39-,40-,41+,42-,44+/m0/s1. The van der Waals surface area contributed by atoms with Crippen molar-refractivity contribution < 1.29 is 65.5 Å². The summed E-state index contributed by atoms with van der Waals surface area (Å²) >= 11 is 0. The molecule has 4 aromatic rings. The van der Waals surface area contributed by atoms with Crippen LogP contribution in [0, 0.1) is 11.8 Å². The molecule has 0 spiro atoms. The van der Waals surface area contributed by atoms with E-state index < -0.39 is 66.7 Å². The van der Waals surface area contributed by atoms with Crippen molar-refractivity contribution in [2.45, 2.75) is 82.4 Å². The van der Waals surface area contributed by atoms with Crippen molar-refractivity contribution in [2.75, 3.05) is 32.7 Å². The van der Waals surface area contributed by atoms with E-state index in [-0.39, 0.29) is 55.2 Å². The number of amides is 1. The number of ether oxygens (including phenoxy) is 6. The molecule has 63 heavy (non-hydrogen) atoms. The fraction of sp³-hybridized carbons (Fsp3) is 0.422. The smallest absolute Gasteiger partial charge is 0.407 e. The molecule has 0 saturated carbocycles. The number of carbonyl (C=O) groups excluding carboxylic acids is 2. The molecule has 1 amide bonds. The molecular formula is C45H55N2O14PS. The lowest BCUT2D eigenvalue weighted by Crippen LogP contribution is -2.51. The van der Waals surface area contributed by atoms with Crippen LogP contribution in [-0.2, 0) is 62.5 Å². The minimum atomic E-state index is -4.42. The van der Waals surface area contributed by atoms with Crippen LogP contribution < -0.4 is 14.8 Å². The summed E-state index contributed by atoms with van der Waals surface area (Å²) in [6.07, 6.45) is -4.69. The topological polar surface area (TPSA) is 206 Å². The summed E-state index contributed by atoms with van der Waals surface area (Å²) in [5, 5.41) is 14.6. The Morgan fingerprint density at radius 2 is 1.44 bits per heavy atom. The first-order valence-corrected chi connectivity index (χ1v) is 23.9. The Kier molecular flexibility index (Phi) is 16.8. The van der Waals surface area contributed by atoms with Gasteiger partial charge in [0.1, 0.15) is 30.8 Å². The zero-order chi connectivity index (χ0) is 45.0. The van der Waals surface area contributed by atoms with Gasteiger partial charge in [-0.25, -0.2) is 18.0 Å². The maximum Gasteiger partial charge on any atom is 0.407 e. The first-order chi connectivity index (χ1) is 30.1. The van der Waals surface area contributed by atoms with Gasteiger partial charge in [-0.2, -0.15) is 4.31 Å². The normalized spacial score (nSPS) is 19.7. The monoisotopic (exact) mass is 910 g/mol. The predicted octanol–water partition coefficient (Wildman–Crippen LogP) is 6.04. The van der Waals surface area contributed by atoms with Crippen molar-refractivity contribution in [3.8, 4) is 11.5 Å². The van der Waals surface area contributed by atoms with Gasteiger partial charge >= 0.3 is 19.7 Å². The molecule has 2 saturated heterocycles. The lowest BCUT2D eigenvalue weighted by atomic mass is 10.0. The van der Waals surface area contributed by atoms with Gasteiger partial charge in [-0.1, -0.05) is 86.6 Å². The number of rotatable bonds is 22. The summed E-state index contributed by atoms with van der Waals surface area (Å²) in [5.41, 5.74) is 2.30. The lowest BCUT2D eigenvalue weighted by Gasteiger charge is -2.31. The van der Waals surface area contributed by atoms with Crippen molar-refractivity contribution in [3.63, 3.8) is 0 Å². The van der Waals surface area contributed by atoms with Crippen molar-refractivity contribution >= 4 is 29.7 Å². The zero-order valence-corrected chi connectivity index (χ0v) is 37.1. The van der Waals surface area contributed by atoms with Gasteiger partial charge in [0.15, 0.2) is 18.7 Å². The summed E-state index contributed by atoms with van der Waals surface area (Å²) in [6.45, 7) is 5.64. The average Bonchev–Trinajstić information content (AvgIpc) is 3.90. The Labute approximate surface area is 367 Å². The number of carbonyl (C=O) groups is 2. The molecule has 2 aliphatic rings. The van der Waals surface area contributed by atoms with Crippen LogP contribution in [0.3, 0.4) is 0 Å². The molecule has 4 aromatic carbocycles. The van der Waals surface area contributed by atoms with Gasteiger partial charge in [0.05, 0.1) is 36.2 Å². The van der Waals surface area contributed by atoms with Gasteiger partial charge in [0.2, 0.25) is 10.0 Å². The fourth-order valence-corrected chi connectivity index (χ4v) is 9.64. The van der Waals surface area contributed by atoms with E-state index >= 15 is 0 Å². The number of sulfonamides is 1. The van der Waals surface area contributed by atoms with Gasteiger partial charge in [0.25, 0.3) is 0 Å². The van der Waals surface area contributed by atoms with Gasteiger partial charge in [-0.15, -0.1) is 0 Å². The van der Waals surface area contributed by atoms with E-state index in [1.807, 2.05) is 50.2 Å². The number of nitrogens with zero attached hydrogens (tertiary/aromatic N) is 1. The van der Waals surface area contributed by atoms with E-state index in [0.717, 1.165) is 11.1 Å². The highest BCUT2D eigenvalue weighted by atomic mass is 32.2. The Balaban J connectivity index is 1.10. The molecule has 0 aromatic heterocycles. The van der Waals surface area contributed by atoms with Crippen LogP contribution >= 0.6 is 7.60 Å². The first kappa shape index (κ1) is 47.6. The highest BCUT2D eigenvalue weighted by Gasteiger charge is 2.44. The van der Waals surface area contributed by atoms with Crippen LogP contribution in [0.15, 0.2) is 114 Å². The number of hydrogen-bond acceptors (Lipinski definition) is 13. The number of nitrogens with one attached hydrogen (secondary N) is 1. The maximum absolute atomic E-state index is 14.1.